The van der Waals surface area contributed by atoms with Crippen LogP contribution < -0.4 is 5.32 Å². The van der Waals surface area contributed by atoms with Crippen molar-refractivity contribution in [3.63, 3.8) is 0 Å². The van der Waals surface area contributed by atoms with Crippen molar-refractivity contribution in [2.24, 2.45) is 0 Å². The van der Waals surface area contributed by atoms with Crippen molar-refractivity contribution in [3.05, 3.63) is 62.7 Å². The summed E-state index contributed by atoms with van der Waals surface area (Å²) in [5.41, 5.74) is -1.89. The number of carbonyl (C=O) groups is 2. The molecule has 0 spiro atoms. The fourth-order valence-corrected chi connectivity index (χ4v) is 3.15. The second-order valence-electron chi connectivity index (χ2n) is 6.04. The first kappa shape index (κ1) is 23.5. The number of hydrogen-bond donors (Lipinski definition) is 1. The van der Waals surface area contributed by atoms with Gasteiger partial charge in [0, 0.05) is 23.7 Å². The maximum atomic E-state index is 12.9. The van der Waals surface area contributed by atoms with Gasteiger partial charge in [0.2, 0.25) is 5.91 Å². The average Bonchev–Trinajstić information content (AvgIpc) is 2.67. The number of hydrogen-bond acceptors (Lipinski definition) is 5. The first-order chi connectivity index (χ1) is 13.9. The van der Waals surface area contributed by atoms with E-state index in [0.717, 1.165) is 11.0 Å². The third kappa shape index (κ3) is 5.63. The Morgan fingerprint density at radius 2 is 1.90 bits per heavy atom. The predicted molar refractivity (Wildman–Crippen MR) is 107 cm³/mol. The number of nitro groups is 1. The molecule has 0 saturated heterocycles. The zero-order chi connectivity index (χ0) is 22.6. The van der Waals surface area contributed by atoms with Gasteiger partial charge in [-0.3, -0.25) is 19.7 Å². The highest BCUT2D eigenvalue weighted by molar-refractivity contribution is 7.98. The smallest absolute Gasteiger partial charge is 0.332 e. The number of nitrogens with one attached hydrogen (secondary N) is 1. The van der Waals surface area contributed by atoms with E-state index in [1.807, 2.05) is 0 Å². The lowest BCUT2D eigenvalue weighted by molar-refractivity contribution is -0.385. The highest BCUT2D eigenvalue weighted by atomic mass is 35.5. The Labute approximate surface area is 178 Å². The monoisotopic (exact) mass is 461 g/mol. The minimum Gasteiger partial charge on any atom is -0.332 e. The molecule has 0 aliphatic heterocycles. The molecule has 2 rings (SSSR count). The largest absolute Gasteiger partial charge is 0.417 e. The summed E-state index contributed by atoms with van der Waals surface area (Å²) >= 11 is 6.81. The van der Waals surface area contributed by atoms with Crippen LogP contribution in [0.3, 0.4) is 0 Å². The molecular weight excluding hydrogens is 447 g/mol. The van der Waals surface area contributed by atoms with Gasteiger partial charge in [-0.15, -0.1) is 11.8 Å². The second-order valence-corrected chi connectivity index (χ2v) is 7.33. The molecule has 2 aromatic carbocycles. The van der Waals surface area contributed by atoms with Gasteiger partial charge in [-0.1, -0.05) is 11.6 Å². The van der Waals surface area contributed by atoms with Gasteiger partial charge in [0.15, 0.2) is 0 Å². The summed E-state index contributed by atoms with van der Waals surface area (Å²) in [6.45, 7) is -0.538. The van der Waals surface area contributed by atoms with Crippen molar-refractivity contribution in [2.45, 2.75) is 11.1 Å². The molecule has 2 amide bonds. The summed E-state index contributed by atoms with van der Waals surface area (Å²) < 4.78 is 38.8. The van der Waals surface area contributed by atoms with Crippen LogP contribution in [0.5, 0.6) is 0 Å². The summed E-state index contributed by atoms with van der Waals surface area (Å²) in [6.07, 6.45) is -2.97. The van der Waals surface area contributed by atoms with Crippen LogP contribution in [0.25, 0.3) is 0 Å². The summed E-state index contributed by atoms with van der Waals surface area (Å²) in [4.78, 5) is 36.8. The number of alkyl halides is 3. The number of likely N-dealkylation sites (N-methyl/N-ethyl adjacent to an activating group) is 1. The molecule has 7 nitrogen and oxygen atoms in total. The molecule has 30 heavy (non-hydrogen) atoms. The summed E-state index contributed by atoms with van der Waals surface area (Å²) in [5.74, 6) is -1.56. The topological polar surface area (TPSA) is 92.6 Å². The first-order valence-corrected chi connectivity index (χ1v) is 9.78. The number of anilines is 1. The molecule has 0 atom stereocenters. The molecule has 0 unspecified atom stereocenters. The number of nitro benzene ring substituents is 1. The highest BCUT2D eigenvalue weighted by Crippen LogP contribution is 2.36. The molecule has 160 valence electrons. The SMILES string of the molecule is CSc1ccc([N+](=O)[O-])c(C(=O)N(C)CC(=O)Nc2ccc(Cl)c(C(F)(F)F)c2)c1. The van der Waals surface area contributed by atoms with E-state index in [1.54, 1.807) is 6.26 Å². The lowest BCUT2D eigenvalue weighted by atomic mass is 10.1. The third-order valence-corrected chi connectivity index (χ3v) is 4.97. The number of thioether (sulfide) groups is 1. The fraction of sp³-hybridized carbons (Fsp3) is 0.222. The Morgan fingerprint density at radius 3 is 2.47 bits per heavy atom. The third-order valence-electron chi connectivity index (χ3n) is 3.91. The molecule has 0 bridgehead atoms. The van der Waals surface area contributed by atoms with Crippen LogP contribution in [-0.4, -0.2) is 41.5 Å². The standard InChI is InChI=1S/C18H15ClF3N3O4S/c1-24(17(27)12-8-11(30-2)4-6-15(12)25(28)29)9-16(26)23-10-3-5-14(19)13(7-10)18(20,21)22/h3-8H,9H2,1-2H3,(H,23,26). The summed E-state index contributed by atoms with van der Waals surface area (Å²) in [7, 11) is 1.25. The summed E-state index contributed by atoms with van der Waals surface area (Å²) in [5, 5.41) is 12.9. The van der Waals surface area contributed by atoms with Crippen LogP contribution in [0, 0.1) is 10.1 Å². The van der Waals surface area contributed by atoms with E-state index in [1.165, 1.54) is 43.1 Å². The van der Waals surface area contributed by atoms with Crippen molar-refractivity contribution in [1.29, 1.82) is 0 Å². The lowest BCUT2D eigenvalue weighted by Crippen LogP contribution is -2.35. The van der Waals surface area contributed by atoms with Crippen molar-refractivity contribution < 1.29 is 27.7 Å². The molecule has 1 N–H and O–H groups in total. The van der Waals surface area contributed by atoms with E-state index < -0.39 is 45.7 Å². The maximum Gasteiger partial charge on any atom is 0.417 e. The van der Waals surface area contributed by atoms with Gasteiger partial charge in [-0.05, 0) is 36.6 Å². The molecule has 12 heteroatoms. The molecule has 0 heterocycles. The molecule has 0 radical (unpaired) electrons. The van der Waals surface area contributed by atoms with Crippen LogP contribution in [0.1, 0.15) is 15.9 Å². The van der Waals surface area contributed by atoms with Crippen molar-refractivity contribution in [2.75, 3.05) is 25.2 Å². The van der Waals surface area contributed by atoms with Gasteiger partial charge in [0.05, 0.1) is 22.1 Å². The number of halogens is 4. The minimum atomic E-state index is -4.70. The zero-order valence-electron chi connectivity index (χ0n) is 15.6. The van der Waals surface area contributed by atoms with Gasteiger partial charge >= 0.3 is 6.18 Å². The highest BCUT2D eigenvalue weighted by Gasteiger charge is 2.33. The Bertz CT molecular complexity index is 1000. The Morgan fingerprint density at radius 1 is 1.23 bits per heavy atom. The van der Waals surface area contributed by atoms with E-state index >= 15 is 0 Å². The molecular formula is C18H15ClF3N3O4S. The van der Waals surface area contributed by atoms with Crippen LogP contribution in [0.4, 0.5) is 24.5 Å². The Hall–Kier alpha value is -2.79. The lowest BCUT2D eigenvalue weighted by Gasteiger charge is -2.18. The Balaban J connectivity index is 2.17. The molecule has 0 fully saturated rings. The summed E-state index contributed by atoms with van der Waals surface area (Å²) in [6, 6.07) is 6.88. The van der Waals surface area contributed by atoms with Gasteiger partial charge in [0.1, 0.15) is 5.56 Å². The van der Waals surface area contributed by atoms with Gasteiger partial charge < -0.3 is 10.2 Å². The van der Waals surface area contributed by atoms with E-state index in [0.29, 0.717) is 11.0 Å². The van der Waals surface area contributed by atoms with Crippen LogP contribution in [0.15, 0.2) is 41.3 Å². The molecule has 0 aromatic heterocycles. The number of rotatable bonds is 6. The molecule has 0 aliphatic carbocycles. The number of nitrogens with zero attached hydrogens (tertiary/aromatic N) is 2. The van der Waals surface area contributed by atoms with Crippen molar-refractivity contribution >= 4 is 46.6 Å². The van der Waals surface area contributed by atoms with E-state index in [4.69, 9.17) is 11.6 Å². The van der Waals surface area contributed by atoms with E-state index in [2.05, 4.69) is 5.32 Å². The first-order valence-electron chi connectivity index (χ1n) is 8.18. The van der Waals surface area contributed by atoms with Crippen LogP contribution in [-0.2, 0) is 11.0 Å². The van der Waals surface area contributed by atoms with Gasteiger partial charge in [0.25, 0.3) is 11.6 Å². The van der Waals surface area contributed by atoms with Crippen LogP contribution >= 0.6 is 23.4 Å². The predicted octanol–water partition coefficient (Wildman–Crippen LogP) is 4.70. The van der Waals surface area contributed by atoms with E-state index in [9.17, 15) is 32.9 Å². The van der Waals surface area contributed by atoms with E-state index in [-0.39, 0.29) is 11.3 Å². The molecule has 2 aromatic rings. The Kier molecular flexibility index (Phi) is 7.32. The second kappa shape index (κ2) is 9.35. The van der Waals surface area contributed by atoms with Gasteiger partial charge in [-0.25, -0.2) is 0 Å². The fourth-order valence-electron chi connectivity index (χ4n) is 2.49. The molecule has 0 saturated carbocycles. The number of carbonyl (C=O) groups excluding carboxylic acids is 2. The maximum absolute atomic E-state index is 12.9. The van der Waals surface area contributed by atoms with Crippen LogP contribution in [0.2, 0.25) is 5.02 Å². The quantitative estimate of drug-likeness (QED) is 0.382. The molecule has 0 aliphatic rings. The van der Waals surface area contributed by atoms with Gasteiger partial charge in [-0.2, -0.15) is 13.2 Å². The normalized spacial score (nSPS) is 11.1. The number of benzene rings is 2. The van der Waals surface area contributed by atoms with Crippen molar-refractivity contribution in [3.8, 4) is 0 Å². The van der Waals surface area contributed by atoms with Crippen molar-refractivity contribution in [1.82, 2.24) is 4.90 Å². The minimum absolute atomic E-state index is 0.159. The number of amides is 2. The average molecular weight is 462 g/mol. The zero-order valence-corrected chi connectivity index (χ0v) is 17.2.